The summed E-state index contributed by atoms with van der Waals surface area (Å²) in [4.78, 5) is 27.5. The molecule has 7 nitrogen and oxygen atoms in total. The highest BCUT2D eigenvalue weighted by atomic mass is 16.3. The van der Waals surface area contributed by atoms with Gasteiger partial charge in [0.2, 0.25) is 0 Å². The molecule has 0 bridgehead atoms. The molecular weight excluding hydrogens is 310 g/mol. The van der Waals surface area contributed by atoms with Gasteiger partial charge in [-0.1, -0.05) is 24.3 Å². The number of nitrogens with zero attached hydrogens (tertiary/aromatic N) is 3. The number of hydrogen-bond acceptors (Lipinski definition) is 5. The number of aliphatic hydroxyl groups is 2. The van der Waals surface area contributed by atoms with E-state index in [9.17, 15) is 25.1 Å². The summed E-state index contributed by atoms with van der Waals surface area (Å²) in [5, 5.41) is 30.1. The number of imide groups is 1. The highest BCUT2D eigenvalue weighted by Gasteiger charge is 2.56. The normalized spacial score (nSPS) is 26.1. The summed E-state index contributed by atoms with van der Waals surface area (Å²) in [6, 6.07) is 10.6. The van der Waals surface area contributed by atoms with E-state index in [1.165, 1.54) is 4.90 Å². The minimum Gasteiger partial charge on any atom is -0.388 e. The van der Waals surface area contributed by atoms with Gasteiger partial charge < -0.3 is 15.1 Å². The predicted octanol–water partition coefficient (Wildman–Crippen LogP) is 0.584. The van der Waals surface area contributed by atoms with Crippen molar-refractivity contribution in [3.63, 3.8) is 0 Å². The van der Waals surface area contributed by atoms with Crippen molar-refractivity contribution < 1.29 is 19.8 Å². The van der Waals surface area contributed by atoms with Gasteiger partial charge in [-0.2, -0.15) is 5.26 Å². The average molecular weight is 323 g/mol. The minimum absolute atomic E-state index is 0.0822. The van der Waals surface area contributed by atoms with Crippen LogP contribution >= 0.6 is 0 Å². The maximum Gasteiger partial charge on any atom is 0.332 e. The molecule has 0 aliphatic carbocycles. The highest BCUT2D eigenvalue weighted by Crippen LogP contribution is 2.36. The van der Waals surface area contributed by atoms with Crippen molar-refractivity contribution >= 4 is 28.4 Å². The third-order valence-electron chi connectivity index (χ3n) is 4.61. The summed E-state index contributed by atoms with van der Waals surface area (Å²) >= 11 is 0. The molecule has 7 heteroatoms. The molecule has 0 unspecified atom stereocenters. The van der Waals surface area contributed by atoms with Crippen LogP contribution in [0.2, 0.25) is 0 Å². The molecule has 2 aromatic rings. The van der Waals surface area contributed by atoms with Gasteiger partial charge in [-0.3, -0.25) is 4.79 Å². The van der Waals surface area contributed by atoms with Gasteiger partial charge >= 0.3 is 6.03 Å². The molecule has 0 saturated carbocycles. The molecular formula is C17H13N3O4. The van der Waals surface area contributed by atoms with Crippen molar-refractivity contribution in [2.24, 2.45) is 0 Å². The monoisotopic (exact) mass is 323 g/mol. The van der Waals surface area contributed by atoms with E-state index in [4.69, 9.17) is 0 Å². The number of aliphatic hydroxyl groups excluding tert-OH is 2. The standard InChI is InChI=1S/C17H13N3O4/c18-7-9-5-6-12(11-4-2-1-3-10(9)11)20-16(23)14-15(22)13(21)8-19(14)17(20)24/h1-6,13-15,21-22H,8H2/t13-,14+,15-/m1/s1. The van der Waals surface area contributed by atoms with Crippen LogP contribution in [0, 0.1) is 11.3 Å². The predicted molar refractivity (Wildman–Crippen MR) is 84.1 cm³/mol. The number of fused-ring (bicyclic) bond motifs is 2. The van der Waals surface area contributed by atoms with E-state index >= 15 is 0 Å². The first kappa shape index (κ1) is 14.6. The van der Waals surface area contributed by atoms with Gasteiger partial charge in [-0.05, 0) is 12.1 Å². The van der Waals surface area contributed by atoms with Gasteiger partial charge in [0, 0.05) is 10.8 Å². The number of amides is 3. The van der Waals surface area contributed by atoms with Crippen molar-refractivity contribution in [1.29, 1.82) is 5.26 Å². The fraction of sp³-hybridized carbons (Fsp3) is 0.235. The number of nitriles is 1. The number of carbonyl (C=O) groups is 2. The lowest BCUT2D eigenvalue weighted by atomic mass is 10.0. The van der Waals surface area contributed by atoms with Crippen molar-refractivity contribution in [2.45, 2.75) is 18.2 Å². The minimum atomic E-state index is -1.30. The molecule has 0 radical (unpaired) electrons. The van der Waals surface area contributed by atoms with Crippen LogP contribution in [0.4, 0.5) is 10.5 Å². The van der Waals surface area contributed by atoms with E-state index in [2.05, 4.69) is 6.07 Å². The van der Waals surface area contributed by atoms with Gasteiger partial charge in [0.1, 0.15) is 18.2 Å². The van der Waals surface area contributed by atoms with Crippen LogP contribution in [-0.2, 0) is 4.79 Å². The van der Waals surface area contributed by atoms with Crippen LogP contribution in [-0.4, -0.2) is 51.8 Å². The molecule has 24 heavy (non-hydrogen) atoms. The smallest absolute Gasteiger partial charge is 0.332 e. The van der Waals surface area contributed by atoms with E-state index in [1.54, 1.807) is 36.4 Å². The molecule has 2 saturated heterocycles. The van der Waals surface area contributed by atoms with E-state index in [1.807, 2.05) is 0 Å². The van der Waals surface area contributed by atoms with E-state index < -0.39 is 30.2 Å². The molecule has 120 valence electrons. The Labute approximate surface area is 136 Å². The number of carbonyl (C=O) groups excluding carboxylic acids is 2. The topological polar surface area (TPSA) is 105 Å². The molecule has 2 aromatic carbocycles. The molecule has 0 spiro atoms. The third kappa shape index (κ3) is 1.78. The Kier molecular flexibility index (Phi) is 3.06. The number of benzene rings is 2. The van der Waals surface area contributed by atoms with E-state index in [0.29, 0.717) is 22.0 Å². The first-order valence-corrected chi connectivity index (χ1v) is 7.47. The van der Waals surface area contributed by atoms with Gasteiger partial charge in [-0.25, -0.2) is 9.69 Å². The number of anilines is 1. The first-order chi connectivity index (χ1) is 11.5. The van der Waals surface area contributed by atoms with Gasteiger partial charge in [-0.15, -0.1) is 0 Å². The van der Waals surface area contributed by atoms with Crippen LogP contribution in [0.1, 0.15) is 5.56 Å². The Hall–Kier alpha value is -2.95. The molecule has 2 aliphatic heterocycles. The number of rotatable bonds is 1. The van der Waals surface area contributed by atoms with Crippen LogP contribution in [0.15, 0.2) is 36.4 Å². The molecule has 2 aliphatic rings. The zero-order chi connectivity index (χ0) is 17.0. The van der Waals surface area contributed by atoms with Crippen LogP contribution in [0.25, 0.3) is 10.8 Å². The average Bonchev–Trinajstić information content (AvgIpc) is 3.02. The van der Waals surface area contributed by atoms with E-state index in [0.717, 1.165) is 4.90 Å². The Balaban J connectivity index is 1.87. The second kappa shape index (κ2) is 5.03. The van der Waals surface area contributed by atoms with Crippen molar-refractivity contribution in [3.05, 3.63) is 42.0 Å². The summed E-state index contributed by atoms with van der Waals surface area (Å²) in [5.74, 6) is -0.570. The Morgan fingerprint density at radius 2 is 1.79 bits per heavy atom. The zero-order valence-electron chi connectivity index (χ0n) is 12.5. The van der Waals surface area contributed by atoms with Gasteiger partial charge in [0.15, 0.2) is 0 Å². The molecule has 3 atom stereocenters. The second-order valence-corrected chi connectivity index (χ2v) is 5.90. The van der Waals surface area contributed by atoms with Crippen LogP contribution < -0.4 is 4.90 Å². The molecule has 2 fully saturated rings. The van der Waals surface area contributed by atoms with Gasteiger partial charge in [0.05, 0.1) is 23.9 Å². The highest BCUT2D eigenvalue weighted by molar-refractivity contribution is 6.25. The van der Waals surface area contributed by atoms with Crippen molar-refractivity contribution in [2.75, 3.05) is 11.4 Å². The fourth-order valence-electron chi connectivity index (χ4n) is 3.45. The summed E-state index contributed by atoms with van der Waals surface area (Å²) in [6.45, 7) is -0.0822. The Morgan fingerprint density at radius 3 is 2.46 bits per heavy atom. The summed E-state index contributed by atoms with van der Waals surface area (Å²) in [5.41, 5.74) is 0.820. The lowest BCUT2D eigenvalue weighted by molar-refractivity contribution is -0.122. The molecule has 2 N–H and O–H groups in total. The second-order valence-electron chi connectivity index (χ2n) is 5.90. The number of urea groups is 1. The SMILES string of the molecule is N#Cc1ccc(N2C(=O)[C@@H]3[C@H](O)[C@H](O)CN3C2=O)c2ccccc12. The molecule has 4 rings (SSSR count). The molecule has 3 amide bonds. The third-order valence-corrected chi connectivity index (χ3v) is 4.61. The Bertz CT molecular complexity index is 920. The number of hydrogen-bond donors (Lipinski definition) is 2. The maximum absolute atomic E-state index is 12.7. The summed E-state index contributed by atoms with van der Waals surface area (Å²) < 4.78 is 0. The largest absolute Gasteiger partial charge is 0.388 e. The van der Waals surface area contributed by atoms with Crippen LogP contribution in [0.5, 0.6) is 0 Å². The van der Waals surface area contributed by atoms with Crippen molar-refractivity contribution in [1.82, 2.24) is 4.90 Å². The van der Waals surface area contributed by atoms with Crippen molar-refractivity contribution in [3.8, 4) is 6.07 Å². The zero-order valence-corrected chi connectivity index (χ0v) is 12.5. The maximum atomic E-state index is 12.7. The first-order valence-electron chi connectivity index (χ1n) is 7.47. The van der Waals surface area contributed by atoms with Gasteiger partial charge in [0.25, 0.3) is 5.91 Å². The fourth-order valence-corrected chi connectivity index (χ4v) is 3.45. The lowest BCUT2D eigenvalue weighted by Gasteiger charge is -2.19. The Morgan fingerprint density at radius 1 is 1.08 bits per heavy atom. The van der Waals surface area contributed by atoms with Crippen LogP contribution in [0.3, 0.4) is 0 Å². The lowest BCUT2D eigenvalue weighted by Crippen LogP contribution is -2.40. The molecule has 0 aromatic heterocycles. The quantitative estimate of drug-likeness (QED) is 0.747. The molecule has 2 heterocycles. The summed E-state index contributed by atoms with van der Waals surface area (Å²) in [7, 11) is 0. The summed E-state index contributed by atoms with van der Waals surface area (Å²) in [6.07, 6.45) is -2.42. The van der Waals surface area contributed by atoms with E-state index in [-0.39, 0.29) is 6.54 Å².